The number of nitrogen functional groups attached to an aromatic ring is 1. The van der Waals surface area contributed by atoms with Crippen LogP contribution in [-0.4, -0.2) is 39.3 Å². The van der Waals surface area contributed by atoms with Crippen LogP contribution in [0.1, 0.15) is 12.8 Å². The number of hydrogen-bond donors (Lipinski definition) is 3. The fraction of sp³-hybridized carbons (Fsp3) is 0.227. The van der Waals surface area contributed by atoms with E-state index < -0.39 is 0 Å². The number of nitrogens with one attached hydrogen (secondary N) is 1. The molecule has 7 heteroatoms. The molecule has 2 aromatic carbocycles. The maximum atomic E-state index is 6.03. The van der Waals surface area contributed by atoms with Gasteiger partial charge < -0.3 is 16.4 Å². The second kappa shape index (κ2) is 7.18. The molecule has 5 N–H and O–H groups in total. The first kappa shape index (κ1) is 17.6. The number of hydrogen-bond acceptors (Lipinski definition) is 6. The van der Waals surface area contributed by atoms with Crippen molar-refractivity contribution in [1.82, 2.24) is 20.2 Å². The first-order chi connectivity index (χ1) is 14.2. The van der Waals surface area contributed by atoms with Gasteiger partial charge >= 0.3 is 0 Å². The van der Waals surface area contributed by atoms with Crippen LogP contribution in [0.4, 0.5) is 11.5 Å². The smallest absolute Gasteiger partial charge is 0.147 e. The Bertz CT molecular complexity index is 1160. The lowest BCUT2D eigenvalue weighted by Gasteiger charge is -2.30. The van der Waals surface area contributed by atoms with Crippen molar-refractivity contribution in [1.29, 1.82) is 0 Å². The third-order valence-electron chi connectivity index (χ3n) is 5.51. The molecular weight excluding hydrogens is 362 g/mol. The Labute approximate surface area is 168 Å². The van der Waals surface area contributed by atoms with Crippen LogP contribution in [0.2, 0.25) is 0 Å². The number of nitrogens with zero attached hydrogens (tertiary/aromatic N) is 4. The van der Waals surface area contributed by atoms with Crippen molar-refractivity contribution >= 4 is 22.4 Å². The quantitative estimate of drug-likeness (QED) is 0.467. The van der Waals surface area contributed by atoms with Crippen molar-refractivity contribution in [2.24, 2.45) is 5.73 Å². The second-order valence-corrected chi connectivity index (χ2v) is 7.55. The van der Waals surface area contributed by atoms with Gasteiger partial charge in [-0.15, -0.1) is 0 Å². The average Bonchev–Trinajstić information content (AvgIpc) is 3.18. The molecule has 1 aliphatic heterocycles. The predicted molar refractivity (Wildman–Crippen MR) is 116 cm³/mol. The number of anilines is 2. The summed E-state index contributed by atoms with van der Waals surface area (Å²) in [5.74, 6) is 0.873. The van der Waals surface area contributed by atoms with E-state index in [0.717, 1.165) is 70.9 Å². The molecule has 5 rings (SSSR count). The molecule has 0 atom stereocenters. The molecule has 1 aliphatic rings. The molecule has 146 valence electrons. The SMILES string of the molecule is Nc1cccc(-c2ccc3[nH]nc(-c4cncc(N5CCC(N)CC5)n4)c3c2)c1. The molecule has 1 fully saturated rings. The highest BCUT2D eigenvalue weighted by molar-refractivity contribution is 5.95. The Morgan fingerprint density at radius 2 is 1.83 bits per heavy atom. The zero-order valence-corrected chi connectivity index (χ0v) is 16.0. The normalized spacial score (nSPS) is 15.1. The maximum Gasteiger partial charge on any atom is 0.147 e. The van der Waals surface area contributed by atoms with E-state index in [0.29, 0.717) is 0 Å². The molecule has 4 aromatic rings. The van der Waals surface area contributed by atoms with E-state index in [1.54, 1.807) is 6.20 Å². The highest BCUT2D eigenvalue weighted by Crippen LogP contribution is 2.31. The van der Waals surface area contributed by atoms with E-state index in [1.807, 2.05) is 30.5 Å². The number of nitrogens with two attached hydrogens (primary N) is 2. The van der Waals surface area contributed by atoms with Gasteiger partial charge in [0.25, 0.3) is 0 Å². The predicted octanol–water partition coefficient (Wildman–Crippen LogP) is 3.20. The first-order valence-corrected chi connectivity index (χ1v) is 9.84. The number of piperidine rings is 1. The van der Waals surface area contributed by atoms with E-state index in [2.05, 4.69) is 38.3 Å². The van der Waals surface area contributed by atoms with Gasteiger partial charge in [0.1, 0.15) is 17.2 Å². The van der Waals surface area contributed by atoms with Gasteiger partial charge in [-0.25, -0.2) is 4.98 Å². The highest BCUT2D eigenvalue weighted by atomic mass is 15.2. The minimum absolute atomic E-state index is 0.281. The minimum Gasteiger partial charge on any atom is -0.399 e. The van der Waals surface area contributed by atoms with Gasteiger partial charge in [0.15, 0.2) is 0 Å². The first-order valence-electron chi connectivity index (χ1n) is 9.84. The number of benzene rings is 2. The van der Waals surface area contributed by atoms with Gasteiger partial charge in [-0.3, -0.25) is 10.1 Å². The molecule has 0 radical (unpaired) electrons. The van der Waals surface area contributed by atoms with E-state index in [9.17, 15) is 0 Å². The Morgan fingerprint density at radius 1 is 1.00 bits per heavy atom. The Kier molecular flexibility index (Phi) is 4.37. The topological polar surface area (TPSA) is 110 Å². The standard InChI is InChI=1S/C22H23N7/c23-16-6-8-29(9-7-16)21-13-25-12-20(26-21)22-18-11-15(4-5-19(18)27-28-22)14-2-1-3-17(24)10-14/h1-5,10-13,16H,6-9,23-24H2,(H,27,28). The lowest BCUT2D eigenvalue weighted by molar-refractivity contribution is 0.498. The van der Waals surface area contributed by atoms with Gasteiger partial charge in [-0.05, 0) is 48.2 Å². The van der Waals surface area contributed by atoms with Crippen LogP contribution in [-0.2, 0) is 0 Å². The summed E-state index contributed by atoms with van der Waals surface area (Å²) in [6.45, 7) is 1.81. The number of H-pyrrole nitrogens is 1. The molecule has 7 nitrogen and oxygen atoms in total. The van der Waals surface area contributed by atoms with E-state index in [-0.39, 0.29) is 6.04 Å². The average molecular weight is 385 g/mol. The van der Waals surface area contributed by atoms with Crippen LogP contribution in [0.3, 0.4) is 0 Å². The summed E-state index contributed by atoms with van der Waals surface area (Å²) < 4.78 is 0. The summed E-state index contributed by atoms with van der Waals surface area (Å²) in [6, 6.07) is 14.4. The number of rotatable bonds is 3. The van der Waals surface area contributed by atoms with Gasteiger partial charge in [-0.1, -0.05) is 18.2 Å². The van der Waals surface area contributed by atoms with E-state index in [1.165, 1.54) is 0 Å². The fourth-order valence-corrected chi connectivity index (χ4v) is 3.86. The summed E-state index contributed by atoms with van der Waals surface area (Å²) >= 11 is 0. The third-order valence-corrected chi connectivity index (χ3v) is 5.51. The van der Waals surface area contributed by atoms with Crippen LogP contribution in [0, 0.1) is 0 Å². The molecule has 0 unspecified atom stereocenters. The van der Waals surface area contributed by atoms with Gasteiger partial charge in [0.05, 0.1) is 17.9 Å². The largest absolute Gasteiger partial charge is 0.399 e. The summed E-state index contributed by atoms with van der Waals surface area (Å²) in [5, 5.41) is 8.65. The zero-order chi connectivity index (χ0) is 19.8. The second-order valence-electron chi connectivity index (χ2n) is 7.55. The Morgan fingerprint density at radius 3 is 2.66 bits per heavy atom. The van der Waals surface area contributed by atoms with Crippen LogP contribution in [0.5, 0.6) is 0 Å². The van der Waals surface area contributed by atoms with Gasteiger partial charge in [0, 0.05) is 30.2 Å². The Balaban J connectivity index is 1.53. The van der Waals surface area contributed by atoms with Crippen molar-refractivity contribution in [2.75, 3.05) is 23.7 Å². The minimum atomic E-state index is 0.281. The van der Waals surface area contributed by atoms with Crippen molar-refractivity contribution in [3.8, 4) is 22.5 Å². The molecular formula is C22H23N7. The van der Waals surface area contributed by atoms with E-state index in [4.69, 9.17) is 16.5 Å². The number of aromatic amines is 1. The van der Waals surface area contributed by atoms with Gasteiger partial charge in [0.2, 0.25) is 0 Å². The lowest BCUT2D eigenvalue weighted by Crippen LogP contribution is -2.40. The molecule has 0 spiro atoms. The summed E-state index contributed by atoms with van der Waals surface area (Å²) in [4.78, 5) is 11.5. The summed E-state index contributed by atoms with van der Waals surface area (Å²) in [7, 11) is 0. The number of fused-ring (bicyclic) bond motifs is 1. The van der Waals surface area contributed by atoms with Crippen molar-refractivity contribution in [2.45, 2.75) is 18.9 Å². The van der Waals surface area contributed by atoms with Crippen LogP contribution in [0.25, 0.3) is 33.4 Å². The van der Waals surface area contributed by atoms with Crippen LogP contribution < -0.4 is 16.4 Å². The Hall–Kier alpha value is -3.45. The molecule has 3 heterocycles. The highest BCUT2D eigenvalue weighted by Gasteiger charge is 2.19. The van der Waals surface area contributed by atoms with Crippen molar-refractivity contribution in [3.63, 3.8) is 0 Å². The summed E-state index contributed by atoms with van der Waals surface area (Å²) in [6.07, 6.45) is 5.52. The summed E-state index contributed by atoms with van der Waals surface area (Å²) in [5.41, 5.74) is 17.4. The molecule has 1 saturated heterocycles. The molecule has 2 aromatic heterocycles. The van der Waals surface area contributed by atoms with Gasteiger partial charge in [-0.2, -0.15) is 5.10 Å². The number of aromatic nitrogens is 4. The van der Waals surface area contributed by atoms with Crippen molar-refractivity contribution < 1.29 is 0 Å². The fourth-order valence-electron chi connectivity index (χ4n) is 3.86. The van der Waals surface area contributed by atoms with Crippen LogP contribution in [0.15, 0.2) is 54.9 Å². The maximum absolute atomic E-state index is 6.03. The molecule has 0 bridgehead atoms. The molecule has 0 saturated carbocycles. The van der Waals surface area contributed by atoms with Crippen molar-refractivity contribution in [3.05, 3.63) is 54.9 Å². The zero-order valence-electron chi connectivity index (χ0n) is 16.0. The lowest BCUT2D eigenvalue weighted by atomic mass is 10.0. The molecule has 29 heavy (non-hydrogen) atoms. The third kappa shape index (κ3) is 3.40. The van der Waals surface area contributed by atoms with E-state index >= 15 is 0 Å². The molecule has 0 aliphatic carbocycles. The van der Waals surface area contributed by atoms with Crippen LogP contribution >= 0.6 is 0 Å². The molecule has 0 amide bonds. The monoisotopic (exact) mass is 385 g/mol.